The van der Waals surface area contributed by atoms with Gasteiger partial charge < -0.3 is 5.43 Å². The molecule has 100 valence electrons. The predicted molar refractivity (Wildman–Crippen MR) is 76.5 cm³/mol. The maximum atomic E-state index is 5.49. The van der Waals surface area contributed by atoms with E-state index in [4.69, 9.17) is 5.84 Å². The summed E-state index contributed by atoms with van der Waals surface area (Å²) in [5.41, 5.74) is 5.26. The van der Waals surface area contributed by atoms with E-state index < -0.39 is 0 Å². The lowest BCUT2D eigenvalue weighted by molar-refractivity contribution is 0.568. The topological polar surface area (TPSA) is 76.7 Å². The minimum Gasteiger partial charge on any atom is -0.308 e. The van der Waals surface area contributed by atoms with Crippen molar-refractivity contribution < 1.29 is 0 Å². The fraction of sp³-hybridized carbons (Fsp3) is 0.357. The fourth-order valence-corrected chi connectivity index (χ4v) is 1.73. The van der Waals surface area contributed by atoms with Crippen molar-refractivity contribution in [1.82, 2.24) is 15.0 Å². The predicted octanol–water partition coefficient (Wildman–Crippen LogP) is 2.43. The van der Waals surface area contributed by atoms with Crippen molar-refractivity contribution in [3.63, 3.8) is 0 Å². The van der Waals surface area contributed by atoms with Gasteiger partial charge in [-0.1, -0.05) is 26.8 Å². The van der Waals surface area contributed by atoms with Crippen molar-refractivity contribution in [2.24, 2.45) is 5.84 Å². The number of pyridine rings is 1. The Morgan fingerprint density at radius 3 is 2.53 bits per heavy atom. The summed E-state index contributed by atoms with van der Waals surface area (Å²) < 4.78 is 0. The van der Waals surface area contributed by atoms with Gasteiger partial charge in [0.05, 0.1) is 5.69 Å². The minimum absolute atomic E-state index is 0.0774. The van der Waals surface area contributed by atoms with Crippen molar-refractivity contribution >= 4 is 5.82 Å². The second-order valence-corrected chi connectivity index (χ2v) is 5.53. The average molecular weight is 257 g/mol. The van der Waals surface area contributed by atoms with E-state index in [0.717, 1.165) is 17.0 Å². The number of anilines is 1. The lowest BCUT2D eigenvalue weighted by Gasteiger charge is -2.19. The van der Waals surface area contributed by atoms with Gasteiger partial charge in [0.2, 0.25) is 0 Å². The molecule has 0 saturated heterocycles. The third-order valence-electron chi connectivity index (χ3n) is 2.86. The molecule has 0 atom stereocenters. The van der Waals surface area contributed by atoms with E-state index in [-0.39, 0.29) is 5.41 Å². The minimum atomic E-state index is -0.0774. The smallest absolute Gasteiger partial charge is 0.180 e. The molecule has 0 aliphatic carbocycles. The Hall–Kier alpha value is -2.01. The lowest BCUT2D eigenvalue weighted by Crippen LogP contribution is -2.17. The van der Waals surface area contributed by atoms with Crippen molar-refractivity contribution in [2.75, 3.05) is 5.43 Å². The van der Waals surface area contributed by atoms with Gasteiger partial charge in [-0.15, -0.1) is 0 Å². The Morgan fingerprint density at radius 1 is 1.21 bits per heavy atom. The van der Waals surface area contributed by atoms with Crippen molar-refractivity contribution in [3.05, 3.63) is 35.7 Å². The van der Waals surface area contributed by atoms with Crippen LogP contribution in [-0.2, 0) is 5.41 Å². The summed E-state index contributed by atoms with van der Waals surface area (Å²) in [5.74, 6) is 6.68. The maximum absolute atomic E-state index is 5.49. The lowest BCUT2D eigenvalue weighted by atomic mass is 9.92. The molecule has 5 heteroatoms. The molecule has 2 rings (SSSR count). The van der Waals surface area contributed by atoms with Crippen LogP contribution in [-0.4, -0.2) is 15.0 Å². The summed E-state index contributed by atoms with van der Waals surface area (Å²) in [7, 11) is 0. The molecule has 0 bridgehead atoms. The van der Waals surface area contributed by atoms with E-state index in [1.165, 1.54) is 0 Å². The van der Waals surface area contributed by atoms with Gasteiger partial charge in [0.15, 0.2) is 5.82 Å². The molecule has 0 unspecified atom stereocenters. The summed E-state index contributed by atoms with van der Waals surface area (Å²) in [6.45, 7) is 8.30. The van der Waals surface area contributed by atoms with Crippen LogP contribution in [0.15, 0.2) is 24.4 Å². The molecule has 0 saturated carbocycles. The van der Waals surface area contributed by atoms with Gasteiger partial charge in [-0.05, 0) is 18.6 Å². The fourth-order valence-electron chi connectivity index (χ4n) is 1.73. The molecule has 19 heavy (non-hydrogen) atoms. The number of hydrogen-bond acceptors (Lipinski definition) is 5. The molecule has 3 N–H and O–H groups in total. The van der Waals surface area contributed by atoms with Gasteiger partial charge in [-0.2, -0.15) is 0 Å². The molecule has 0 radical (unpaired) electrons. The number of hydrogen-bond donors (Lipinski definition) is 2. The number of nitrogens with two attached hydrogens (primary N) is 1. The first-order valence-corrected chi connectivity index (χ1v) is 6.20. The molecular formula is C14H19N5. The molecule has 2 aromatic rings. The molecule has 0 aliphatic rings. The maximum Gasteiger partial charge on any atom is 0.180 e. The van der Waals surface area contributed by atoms with Gasteiger partial charge in [-0.25, -0.2) is 15.8 Å². The van der Waals surface area contributed by atoms with Crippen molar-refractivity contribution in [1.29, 1.82) is 0 Å². The molecule has 2 aromatic heterocycles. The molecule has 0 fully saturated rings. The first-order valence-electron chi connectivity index (χ1n) is 6.20. The number of rotatable bonds is 2. The molecule has 0 aliphatic heterocycles. The van der Waals surface area contributed by atoms with Crippen molar-refractivity contribution in [2.45, 2.75) is 33.1 Å². The summed E-state index contributed by atoms with van der Waals surface area (Å²) in [5, 5.41) is 0. The molecule has 0 aromatic carbocycles. The Kier molecular flexibility index (Phi) is 3.48. The molecule has 0 amide bonds. The third kappa shape index (κ3) is 2.88. The van der Waals surface area contributed by atoms with Crippen LogP contribution in [0.25, 0.3) is 11.5 Å². The van der Waals surface area contributed by atoms with Crippen LogP contribution in [0.2, 0.25) is 0 Å². The molecule has 2 heterocycles. The number of aromatic nitrogens is 3. The monoisotopic (exact) mass is 257 g/mol. The van der Waals surface area contributed by atoms with Crippen LogP contribution in [0.5, 0.6) is 0 Å². The highest BCUT2D eigenvalue weighted by Gasteiger charge is 2.19. The zero-order valence-corrected chi connectivity index (χ0v) is 11.7. The first kappa shape index (κ1) is 13.4. The summed E-state index contributed by atoms with van der Waals surface area (Å²) >= 11 is 0. The van der Waals surface area contributed by atoms with Gasteiger partial charge in [0, 0.05) is 17.7 Å². The van der Waals surface area contributed by atoms with Crippen LogP contribution in [0.1, 0.15) is 32.0 Å². The quantitative estimate of drug-likeness (QED) is 0.638. The van der Waals surface area contributed by atoms with Crippen LogP contribution < -0.4 is 11.3 Å². The third-order valence-corrected chi connectivity index (χ3v) is 2.86. The first-order chi connectivity index (χ1) is 8.91. The second-order valence-electron chi connectivity index (χ2n) is 5.53. The van der Waals surface area contributed by atoms with Crippen LogP contribution in [0.4, 0.5) is 5.82 Å². The zero-order valence-electron chi connectivity index (χ0n) is 11.7. The Labute approximate surface area is 113 Å². The number of nitrogens with zero attached hydrogens (tertiary/aromatic N) is 3. The second kappa shape index (κ2) is 4.93. The van der Waals surface area contributed by atoms with Gasteiger partial charge in [0.1, 0.15) is 11.5 Å². The summed E-state index contributed by atoms with van der Waals surface area (Å²) in [6.07, 6.45) is 1.74. The van der Waals surface area contributed by atoms with E-state index in [9.17, 15) is 0 Å². The van der Waals surface area contributed by atoms with Gasteiger partial charge >= 0.3 is 0 Å². The van der Waals surface area contributed by atoms with Crippen LogP contribution in [0, 0.1) is 6.92 Å². The highest BCUT2D eigenvalue weighted by Crippen LogP contribution is 2.25. The van der Waals surface area contributed by atoms with Crippen LogP contribution >= 0.6 is 0 Å². The van der Waals surface area contributed by atoms with E-state index in [1.54, 1.807) is 6.20 Å². The van der Waals surface area contributed by atoms with Crippen molar-refractivity contribution in [3.8, 4) is 11.5 Å². The van der Waals surface area contributed by atoms with E-state index in [2.05, 4.69) is 41.1 Å². The van der Waals surface area contributed by atoms with E-state index >= 15 is 0 Å². The Balaban J connectivity index is 2.61. The van der Waals surface area contributed by atoms with E-state index in [1.807, 2.05) is 25.1 Å². The van der Waals surface area contributed by atoms with E-state index in [0.29, 0.717) is 11.6 Å². The number of aryl methyl sites for hydroxylation is 1. The van der Waals surface area contributed by atoms with Gasteiger partial charge in [0.25, 0.3) is 0 Å². The highest BCUT2D eigenvalue weighted by molar-refractivity contribution is 5.57. The highest BCUT2D eigenvalue weighted by atomic mass is 15.3. The molecule has 5 nitrogen and oxygen atoms in total. The normalized spacial score (nSPS) is 11.4. The molecular weight excluding hydrogens is 238 g/mol. The zero-order chi connectivity index (χ0) is 14.0. The number of nitrogens with one attached hydrogen (secondary N) is 1. The molecule has 0 spiro atoms. The SMILES string of the molecule is Cc1cccnc1-c1nc(NN)cc(C(C)(C)C)n1. The summed E-state index contributed by atoms with van der Waals surface area (Å²) in [6, 6.07) is 5.75. The Bertz CT molecular complexity index is 587. The Morgan fingerprint density at radius 2 is 1.95 bits per heavy atom. The summed E-state index contributed by atoms with van der Waals surface area (Å²) in [4.78, 5) is 13.4. The largest absolute Gasteiger partial charge is 0.308 e. The number of nitrogen functional groups attached to an aromatic ring is 1. The van der Waals surface area contributed by atoms with Crippen LogP contribution in [0.3, 0.4) is 0 Å². The van der Waals surface area contributed by atoms with Gasteiger partial charge in [-0.3, -0.25) is 4.98 Å². The number of hydrazine groups is 1. The average Bonchev–Trinajstić information content (AvgIpc) is 2.37. The standard InChI is InChI=1S/C14H19N5/c1-9-6-5-7-16-12(9)13-17-10(14(2,3)4)8-11(18-13)19-15/h5-8H,15H2,1-4H3,(H,17,18,19).